The van der Waals surface area contributed by atoms with Crippen molar-refractivity contribution in [1.82, 2.24) is 0 Å². The minimum Gasteiger partial charge on any atom is -1.00 e. The van der Waals surface area contributed by atoms with Crippen LogP contribution in [0.25, 0.3) is 32.3 Å². The Balaban J connectivity index is 0.000000229. The zero-order valence-electron chi connectivity index (χ0n) is 29.2. The average molecular weight is 789 g/mol. The molecule has 0 atom stereocenters. The maximum absolute atomic E-state index is 12.9. The molecule has 1 aliphatic rings. The molecule has 258 valence electrons. The summed E-state index contributed by atoms with van der Waals surface area (Å²) in [4.78, 5) is 0. The number of hydrogen-bond acceptors (Lipinski definition) is 0. The molecule has 50 heavy (non-hydrogen) atoms. The molecular formula is C44H41Cl2F3Zr-2. The van der Waals surface area contributed by atoms with E-state index in [0.29, 0.717) is 5.56 Å². The number of rotatable bonds is 2. The first kappa shape index (κ1) is 41.3. The molecule has 0 spiro atoms. The second kappa shape index (κ2) is 16.9. The minimum absolute atomic E-state index is 0. The summed E-state index contributed by atoms with van der Waals surface area (Å²) in [6.07, 6.45) is 5.69. The Morgan fingerprint density at radius 2 is 1.20 bits per heavy atom. The Kier molecular flexibility index (Phi) is 13.9. The van der Waals surface area contributed by atoms with Gasteiger partial charge in [0.15, 0.2) is 0 Å². The normalized spacial score (nSPS) is 12.5. The molecule has 0 nitrogen and oxygen atoms in total. The van der Waals surface area contributed by atoms with E-state index >= 15 is 0 Å². The van der Waals surface area contributed by atoms with Gasteiger partial charge in [-0.15, -0.1) is 46.2 Å². The van der Waals surface area contributed by atoms with Crippen LogP contribution in [0.3, 0.4) is 0 Å². The largest absolute Gasteiger partial charge is 1.00 e. The Labute approximate surface area is 322 Å². The second-order valence-corrected chi connectivity index (χ2v) is 15.5. The van der Waals surface area contributed by atoms with Crippen molar-refractivity contribution in [3.63, 3.8) is 0 Å². The van der Waals surface area contributed by atoms with E-state index in [9.17, 15) is 13.2 Å². The number of fused-ring (bicyclic) bond motifs is 4. The van der Waals surface area contributed by atoms with E-state index in [2.05, 4.69) is 96.2 Å². The first-order valence-corrected chi connectivity index (χ1v) is 17.5. The van der Waals surface area contributed by atoms with Gasteiger partial charge in [-0.2, -0.15) is 6.08 Å². The molecule has 0 saturated heterocycles. The van der Waals surface area contributed by atoms with Gasteiger partial charge in [0, 0.05) is 0 Å². The molecule has 0 amide bonds. The van der Waals surface area contributed by atoms with Crippen molar-refractivity contribution < 1.29 is 62.2 Å². The Hall–Kier alpha value is -3.17. The topological polar surface area (TPSA) is 0 Å². The molecule has 6 aromatic carbocycles. The van der Waals surface area contributed by atoms with Crippen molar-refractivity contribution in [2.45, 2.75) is 65.0 Å². The van der Waals surface area contributed by atoms with E-state index < -0.39 is 11.7 Å². The third kappa shape index (κ3) is 10.00. The van der Waals surface area contributed by atoms with Gasteiger partial charge in [-0.3, -0.25) is 6.08 Å². The average Bonchev–Trinajstić information content (AvgIpc) is 3.75. The van der Waals surface area contributed by atoms with Gasteiger partial charge in [0.2, 0.25) is 0 Å². The number of hydrogen-bond donors (Lipinski definition) is 0. The summed E-state index contributed by atoms with van der Waals surface area (Å²) >= 11 is 1.09. The van der Waals surface area contributed by atoms with Gasteiger partial charge in [0.1, 0.15) is 0 Å². The van der Waals surface area contributed by atoms with Crippen LogP contribution in [0.2, 0.25) is 0 Å². The summed E-state index contributed by atoms with van der Waals surface area (Å²) < 4.78 is 39.6. The van der Waals surface area contributed by atoms with Crippen LogP contribution in [-0.4, -0.2) is 3.21 Å². The van der Waals surface area contributed by atoms with E-state index in [-0.39, 0.29) is 35.6 Å². The predicted molar refractivity (Wildman–Crippen MR) is 195 cm³/mol. The van der Waals surface area contributed by atoms with E-state index in [1.54, 1.807) is 6.07 Å². The third-order valence-electron chi connectivity index (χ3n) is 8.56. The van der Waals surface area contributed by atoms with Gasteiger partial charge in [0.25, 0.3) is 0 Å². The van der Waals surface area contributed by atoms with Crippen molar-refractivity contribution >= 4 is 35.5 Å². The summed E-state index contributed by atoms with van der Waals surface area (Å²) in [5.41, 5.74) is 4.22. The molecule has 6 aromatic rings. The zero-order chi connectivity index (χ0) is 34.7. The van der Waals surface area contributed by atoms with Crippen molar-refractivity contribution in [1.29, 1.82) is 0 Å². The standard InChI is InChI=1S/C21H25.C18H11F3.C5H5.2ClH.Zr/c1-20(2,3)16-9-7-14-11-15-8-10-17(21(4,5)6)13-19(15)18(14)12-16;19-18(20,21)16-9-3-5-13(12-16)11-15-8-4-7-14-6-1-2-10-17(14)15;1-2-4-5-3-1;;;/h7-13H,1-6H3;1-10,12H;1-3H,4H2;2*1H;/q-1;;-1;;;+2/p-2. The van der Waals surface area contributed by atoms with Gasteiger partial charge in [-0.1, -0.05) is 76.9 Å². The first-order chi connectivity index (χ1) is 22.6. The predicted octanol–water partition coefficient (Wildman–Crippen LogP) is 6.59. The molecule has 0 N–H and O–H groups in total. The fourth-order valence-corrected chi connectivity index (χ4v) is 6.64. The molecule has 0 aromatic heterocycles. The summed E-state index contributed by atoms with van der Waals surface area (Å²) in [7, 11) is 0. The molecule has 7 rings (SSSR count). The molecule has 0 unspecified atom stereocenters. The zero-order valence-corrected chi connectivity index (χ0v) is 33.2. The van der Waals surface area contributed by atoms with Crippen LogP contribution in [0, 0.1) is 6.08 Å². The fraction of sp³-hybridized carbons (Fsp3) is 0.227. The monoisotopic (exact) mass is 786 g/mol. The molecule has 0 saturated carbocycles. The molecule has 0 fully saturated rings. The first-order valence-electron chi connectivity index (χ1n) is 16.2. The van der Waals surface area contributed by atoms with Gasteiger partial charge < -0.3 is 24.8 Å². The Morgan fingerprint density at radius 1 is 0.640 bits per heavy atom. The third-order valence-corrected chi connectivity index (χ3v) is 9.93. The number of halogens is 5. The number of benzene rings is 5. The van der Waals surface area contributed by atoms with E-state index in [1.807, 2.05) is 54.6 Å². The smallest absolute Gasteiger partial charge is 0.109 e. The maximum Gasteiger partial charge on any atom is -0.109 e. The van der Waals surface area contributed by atoms with Crippen LogP contribution in [0.4, 0.5) is 13.2 Å². The second-order valence-electron chi connectivity index (χ2n) is 14.2. The summed E-state index contributed by atoms with van der Waals surface area (Å²) in [5, 5.41) is 7.64. The number of allylic oxidation sites excluding steroid dienone is 4. The van der Waals surface area contributed by atoms with Crippen LogP contribution in [0.5, 0.6) is 0 Å². The van der Waals surface area contributed by atoms with E-state index in [1.165, 1.54) is 44.8 Å². The Morgan fingerprint density at radius 3 is 1.70 bits per heavy atom. The molecule has 1 aliphatic carbocycles. The van der Waals surface area contributed by atoms with Crippen LogP contribution in [0.15, 0.2) is 127 Å². The van der Waals surface area contributed by atoms with Gasteiger partial charge in [-0.05, 0) is 10.8 Å². The maximum atomic E-state index is 12.9. The molecular weight excluding hydrogens is 748 g/mol. The van der Waals surface area contributed by atoms with E-state index in [4.69, 9.17) is 0 Å². The number of alkyl halides is 3. The van der Waals surface area contributed by atoms with Crippen LogP contribution in [0.1, 0.15) is 75.8 Å². The molecule has 6 heteroatoms. The van der Waals surface area contributed by atoms with Crippen molar-refractivity contribution in [2.75, 3.05) is 0 Å². The Bertz CT molecular complexity index is 2050. The van der Waals surface area contributed by atoms with Crippen molar-refractivity contribution in [3.05, 3.63) is 161 Å². The van der Waals surface area contributed by atoms with Crippen molar-refractivity contribution in [2.24, 2.45) is 0 Å². The van der Waals surface area contributed by atoms with Crippen LogP contribution >= 0.6 is 0 Å². The summed E-state index contributed by atoms with van der Waals surface area (Å²) in [5.74, 6) is 0. The van der Waals surface area contributed by atoms with Crippen LogP contribution in [-0.2, 0) is 41.2 Å². The SMILES string of the molecule is CC(C)(C)c1ccc2[cH-]c3ccc(C(C)(C)C)cc3c2c1.FC(F)(F)c1cccc([C](=[Zr+2])c2cccc3ccccc23)c1.[C-]1=CC=CC1.[Cl-].[Cl-]. The molecule has 0 heterocycles. The summed E-state index contributed by atoms with van der Waals surface area (Å²) in [6.45, 7) is 13.7. The quantitative estimate of drug-likeness (QED) is 0.174. The minimum atomic E-state index is -4.31. The molecule has 0 bridgehead atoms. The fourth-order valence-electron chi connectivity index (χ4n) is 5.72. The molecule has 0 radical (unpaired) electrons. The van der Waals surface area contributed by atoms with Crippen LogP contribution < -0.4 is 24.8 Å². The summed E-state index contributed by atoms with van der Waals surface area (Å²) in [6, 6.07) is 35.5. The van der Waals surface area contributed by atoms with Gasteiger partial charge in [0.05, 0.1) is 0 Å². The van der Waals surface area contributed by atoms with Crippen molar-refractivity contribution in [3.8, 4) is 0 Å². The molecule has 0 aliphatic heterocycles. The van der Waals surface area contributed by atoms with E-state index in [0.717, 1.165) is 56.3 Å². The van der Waals surface area contributed by atoms with Gasteiger partial charge in [-0.25, -0.2) is 12.2 Å². The van der Waals surface area contributed by atoms with Gasteiger partial charge >= 0.3 is 141 Å².